The van der Waals surface area contributed by atoms with E-state index in [2.05, 4.69) is 29.3 Å². The summed E-state index contributed by atoms with van der Waals surface area (Å²) in [5.41, 5.74) is 0. The average molecular weight is 210 g/mol. The van der Waals surface area contributed by atoms with E-state index in [1.165, 1.54) is 12.8 Å². The Morgan fingerprint density at radius 2 is 2.20 bits per heavy atom. The second-order valence-electron chi connectivity index (χ2n) is 4.43. The van der Waals surface area contributed by atoms with E-state index >= 15 is 0 Å². The number of morpholine rings is 1. The van der Waals surface area contributed by atoms with Crippen LogP contribution >= 0.6 is 0 Å². The molecule has 0 spiro atoms. The molecule has 1 N–H and O–H groups in total. The predicted molar refractivity (Wildman–Crippen MR) is 62.0 cm³/mol. The third-order valence-corrected chi connectivity index (χ3v) is 3.31. The summed E-state index contributed by atoms with van der Waals surface area (Å²) in [6.07, 6.45) is 7.28. The van der Waals surface area contributed by atoms with Crippen LogP contribution < -0.4 is 5.32 Å². The van der Waals surface area contributed by atoms with Gasteiger partial charge in [-0.3, -0.25) is 4.90 Å². The maximum atomic E-state index is 5.75. The molecule has 0 radical (unpaired) electrons. The summed E-state index contributed by atoms with van der Waals surface area (Å²) in [6, 6.07) is 0.658. The van der Waals surface area contributed by atoms with E-state index in [0.29, 0.717) is 12.1 Å². The summed E-state index contributed by atoms with van der Waals surface area (Å²) in [5, 5.41) is 3.58. The molecule has 3 nitrogen and oxygen atoms in total. The highest BCUT2D eigenvalue weighted by Crippen LogP contribution is 2.10. The molecule has 0 bridgehead atoms. The van der Waals surface area contributed by atoms with Crippen LogP contribution in [0, 0.1) is 0 Å². The van der Waals surface area contributed by atoms with Gasteiger partial charge in [0.05, 0.1) is 12.7 Å². The zero-order valence-electron chi connectivity index (χ0n) is 9.61. The summed E-state index contributed by atoms with van der Waals surface area (Å²) in [6.45, 7) is 7.44. The van der Waals surface area contributed by atoms with E-state index in [1.54, 1.807) is 0 Å². The van der Waals surface area contributed by atoms with E-state index in [-0.39, 0.29) is 0 Å². The molecule has 2 aliphatic rings. The van der Waals surface area contributed by atoms with Gasteiger partial charge in [0.15, 0.2) is 0 Å². The minimum Gasteiger partial charge on any atom is -0.374 e. The lowest BCUT2D eigenvalue weighted by atomic mass is 10.2. The monoisotopic (exact) mass is 210 g/mol. The van der Waals surface area contributed by atoms with E-state index < -0.39 is 0 Å². The fraction of sp³-hybridized carbons (Fsp3) is 0.833. The molecule has 0 amide bonds. The van der Waals surface area contributed by atoms with Crippen molar-refractivity contribution < 1.29 is 4.74 Å². The molecule has 1 heterocycles. The SMILES string of the molecule is CCN1CCOC(CNC2CC=CC2)C1. The van der Waals surface area contributed by atoms with Crippen molar-refractivity contribution in [3.63, 3.8) is 0 Å². The van der Waals surface area contributed by atoms with Crippen molar-refractivity contribution in [2.45, 2.75) is 31.9 Å². The molecule has 15 heavy (non-hydrogen) atoms. The maximum Gasteiger partial charge on any atom is 0.0826 e. The minimum atomic E-state index is 0.388. The Morgan fingerprint density at radius 1 is 1.40 bits per heavy atom. The van der Waals surface area contributed by atoms with Gasteiger partial charge < -0.3 is 10.1 Å². The molecule has 3 heteroatoms. The largest absolute Gasteiger partial charge is 0.374 e. The topological polar surface area (TPSA) is 24.5 Å². The molecule has 1 fully saturated rings. The molecule has 1 atom stereocenters. The van der Waals surface area contributed by atoms with Crippen molar-refractivity contribution in [1.29, 1.82) is 0 Å². The lowest BCUT2D eigenvalue weighted by Crippen LogP contribution is -2.47. The Morgan fingerprint density at radius 3 is 2.93 bits per heavy atom. The molecular formula is C12H22N2O. The lowest BCUT2D eigenvalue weighted by molar-refractivity contribution is -0.0262. The Labute approximate surface area is 92.5 Å². The summed E-state index contributed by atoms with van der Waals surface area (Å²) >= 11 is 0. The molecule has 1 unspecified atom stereocenters. The van der Waals surface area contributed by atoms with Gasteiger partial charge in [0.2, 0.25) is 0 Å². The van der Waals surface area contributed by atoms with Crippen molar-refractivity contribution in [3.05, 3.63) is 12.2 Å². The normalized spacial score (nSPS) is 28.7. The highest BCUT2D eigenvalue weighted by molar-refractivity contribution is 4.97. The first-order valence-corrected chi connectivity index (χ1v) is 6.11. The quantitative estimate of drug-likeness (QED) is 0.701. The van der Waals surface area contributed by atoms with Crippen LogP contribution in [0.3, 0.4) is 0 Å². The molecule has 1 aliphatic heterocycles. The van der Waals surface area contributed by atoms with Crippen LogP contribution in [-0.2, 0) is 4.74 Å². The number of nitrogens with one attached hydrogen (secondary N) is 1. The number of likely N-dealkylation sites (N-methyl/N-ethyl adjacent to an activating group) is 1. The first-order chi connectivity index (χ1) is 7.38. The van der Waals surface area contributed by atoms with Crippen molar-refractivity contribution in [1.82, 2.24) is 10.2 Å². The highest BCUT2D eigenvalue weighted by atomic mass is 16.5. The number of rotatable bonds is 4. The van der Waals surface area contributed by atoms with E-state index in [0.717, 1.165) is 32.8 Å². The zero-order valence-corrected chi connectivity index (χ0v) is 9.61. The van der Waals surface area contributed by atoms with Gasteiger partial charge in [-0.15, -0.1) is 0 Å². The van der Waals surface area contributed by atoms with Crippen molar-refractivity contribution in [2.75, 3.05) is 32.8 Å². The van der Waals surface area contributed by atoms with Gasteiger partial charge in [-0.25, -0.2) is 0 Å². The van der Waals surface area contributed by atoms with Gasteiger partial charge >= 0.3 is 0 Å². The summed E-state index contributed by atoms with van der Waals surface area (Å²) < 4.78 is 5.75. The fourth-order valence-electron chi connectivity index (χ4n) is 2.27. The second-order valence-corrected chi connectivity index (χ2v) is 4.43. The first-order valence-electron chi connectivity index (χ1n) is 6.11. The van der Waals surface area contributed by atoms with Gasteiger partial charge in [-0.2, -0.15) is 0 Å². The van der Waals surface area contributed by atoms with Crippen molar-refractivity contribution in [3.8, 4) is 0 Å². The van der Waals surface area contributed by atoms with Gasteiger partial charge in [0.1, 0.15) is 0 Å². The molecule has 0 saturated carbocycles. The van der Waals surface area contributed by atoms with Crippen molar-refractivity contribution >= 4 is 0 Å². The van der Waals surface area contributed by atoms with E-state index in [1.807, 2.05) is 0 Å². The third kappa shape index (κ3) is 3.30. The fourth-order valence-corrected chi connectivity index (χ4v) is 2.27. The van der Waals surface area contributed by atoms with E-state index in [4.69, 9.17) is 4.74 Å². The highest BCUT2D eigenvalue weighted by Gasteiger charge is 2.20. The molecule has 86 valence electrons. The molecule has 1 aliphatic carbocycles. The summed E-state index contributed by atoms with van der Waals surface area (Å²) in [5.74, 6) is 0. The Bertz CT molecular complexity index is 210. The summed E-state index contributed by atoms with van der Waals surface area (Å²) in [7, 11) is 0. The third-order valence-electron chi connectivity index (χ3n) is 3.31. The van der Waals surface area contributed by atoms with Crippen LogP contribution in [0.4, 0.5) is 0 Å². The molecule has 1 saturated heterocycles. The number of hydrogen-bond acceptors (Lipinski definition) is 3. The second kappa shape index (κ2) is 5.64. The zero-order chi connectivity index (χ0) is 10.5. The van der Waals surface area contributed by atoms with Gasteiger partial charge in [0, 0.05) is 25.7 Å². The maximum absolute atomic E-state index is 5.75. The van der Waals surface area contributed by atoms with Crippen LogP contribution in [0.15, 0.2) is 12.2 Å². The van der Waals surface area contributed by atoms with Crippen LogP contribution in [0.25, 0.3) is 0 Å². The molecule has 0 aromatic heterocycles. The number of nitrogens with zero attached hydrogens (tertiary/aromatic N) is 1. The number of hydrogen-bond donors (Lipinski definition) is 1. The van der Waals surface area contributed by atoms with Crippen LogP contribution in [-0.4, -0.2) is 49.8 Å². The lowest BCUT2D eigenvalue weighted by Gasteiger charge is -2.32. The minimum absolute atomic E-state index is 0.388. The predicted octanol–water partition coefficient (Wildman–Crippen LogP) is 1.02. The Hall–Kier alpha value is -0.380. The smallest absolute Gasteiger partial charge is 0.0826 e. The van der Waals surface area contributed by atoms with Crippen LogP contribution in [0.2, 0.25) is 0 Å². The van der Waals surface area contributed by atoms with Gasteiger partial charge in [-0.1, -0.05) is 19.1 Å². The average Bonchev–Trinajstić information content (AvgIpc) is 2.79. The Balaban J connectivity index is 1.65. The summed E-state index contributed by atoms with van der Waals surface area (Å²) in [4.78, 5) is 2.46. The molecule has 0 aromatic rings. The first kappa shape index (κ1) is 11.1. The molecular weight excluding hydrogens is 188 g/mol. The molecule has 2 rings (SSSR count). The van der Waals surface area contributed by atoms with E-state index in [9.17, 15) is 0 Å². The van der Waals surface area contributed by atoms with Crippen LogP contribution in [0.1, 0.15) is 19.8 Å². The molecule has 0 aromatic carbocycles. The van der Waals surface area contributed by atoms with Crippen molar-refractivity contribution in [2.24, 2.45) is 0 Å². The number of ether oxygens (including phenoxy) is 1. The van der Waals surface area contributed by atoms with Crippen LogP contribution in [0.5, 0.6) is 0 Å². The standard InChI is InChI=1S/C12H22N2O/c1-2-14-7-8-15-12(10-14)9-13-11-5-3-4-6-11/h3-4,11-13H,2,5-10H2,1H3. The Kier molecular flexibility index (Phi) is 4.18. The van der Waals surface area contributed by atoms with Gasteiger partial charge in [0.25, 0.3) is 0 Å². The van der Waals surface area contributed by atoms with Gasteiger partial charge in [-0.05, 0) is 19.4 Å².